The van der Waals surface area contributed by atoms with Gasteiger partial charge < -0.3 is 0 Å². The molecule has 2 amide bonds. The van der Waals surface area contributed by atoms with Gasteiger partial charge in [-0.1, -0.05) is 79.0 Å². The summed E-state index contributed by atoms with van der Waals surface area (Å²) in [6, 6.07) is 0. The van der Waals surface area contributed by atoms with Gasteiger partial charge in [-0.2, -0.15) is 0 Å². The van der Waals surface area contributed by atoms with Crippen LogP contribution in [0.3, 0.4) is 0 Å². The van der Waals surface area contributed by atoms with Crippen molar-refractivity contribution >= 4 is 58.2 Å². The zero-order valence-corrected chi connectivity index (χ0v) is 15.0. The molecule has 0 bridgehead atoms. The van der Waals surface area contributed by atoms with Crippen molar-refractivity contribution in [1.82, 2.24) is 4.90 Å². The van der Waals surface area contributed by atoms with Crippen molar-refractivity contribution in [3.63, 3.8) is 0 Å². The summed E-state index contributed by atoms with van der Waals surface area (Å²) in [5.74, 6) is -0.915. The zero-order valence-electron chi connectivity index (χ0n) is 12.0. The Labute approximate surface area is 149 Å². The molecule has 0 spiro atoms. The van der Waals surface area contributed by atoms with E-state index in [0.717, 1.165) is 32.1 Å². The Kier molecular flexibility index (Phi) is 6.00. The number of hydrogen-bond donors (Lipinski definition) is 0. The third kappa shape index (κ3) is 3.09. The van der Waals surface area contributed by atoms with Crippen LogP contribution in [0.4, 0.5) is 0 Å². The van der Waals surface area contributed by atoms with E-state index in [2.05, 4.69) is 6.92 Å². The fourth-order valence-corrected chi connectivity index (χ4v) is 3.49. The summed E-state index contributed by atoms with van der Waals surface area (Å²) in [7, 11) is 0. The van der Waals surface area contributed by atoms with Crippen molar-refractivity contribution in [3.8, 4) is 0 Å². The third-order valence-electron chi connectivity index (χ3n) is 3.67. The maximum atomic E-state index is 12.4. The first-order chi connectivity index (χ1) is 10.4. The van der Waals surface area contributed by atoms with Gasteiger partial charge in [-0.3, -0.25) is 14.5 Å². The van der Waals surface area contributed by atoms with Crippen molar-refractivity contribution in [2.24, 2.45) is 0 Å². The SMILES string of the molecule is CCCCCCCN1C(=O)c2c(Cl)c(Cl)c(Cl)c(Cl)c2C1=O. The standard InChI is InChI=1S/C15H15Cl4NO2/c1-2-3-4-5-6-7-20-14(21)8-9(15(20)22)11(17)13(19)12(18)10(8)16/h2-7H2,1H3. The van der Waals surface area contributed by atoms with Crippen LogP contribution < -0.4 is 0 Å². The van der Waals surface area contributed by atoms with E-state index in [1.807, 2.05) is 0 Å². The Morgan fingerprint density at radius 1 is 0.727 bits per heavy atom. The van der Waals surface area contributed by atoms with Gasteiger partial charge in [0.15, 0.2) is 0 Å². The maximum Gasteiger partial charge on any atom is 0.263 e. The van der Waals surface area contributed by atoms with Gasteiger partial charge in [0, 0.05) is 6.54 Å². The molecule has 0 saturated heterocycles. The van der Waals surface area contributed by atoms with Gasteiger partial charge in [0.2, 0.25) is 0 Å². The molecule has 2 rings (SSSR count). The molecule has 3 nitrogen and oxygen atoms in total. The molecule has 1 aliphatic heterocycles. The number of carbonyl (C=O) groups excluding carboxylic acids is 2. The van der Waals surface area contributed by atoms with Crippen LogP contribution in [0, 0.1) is 0 Å². The molecule has 1 aliphatic rings. The molecule has 0 aromatic heterocycles. The van der Waals surface area contributed by atoms with Gasteiger partial charge in [0.05, 0.1) is 31.2 Å². The average molecular weight is 383 g/mol. The minimum atomic E-state index is -0.457. The van der Waals surface area contributed by atoms with E-state index in [4.69, 9.17) is 46.4 Å². The molecule has 0 radical (unpaired) electrons. The van der Waals surface area contributed by atoms with Crippen LogP contribution in [0.15, 0.2) is 0 Å². The molecule has 0 fully saturated rings. The van der Waals surface area contributed by atoms with Crippen LogP contribution in [0.5, 0.6) is 0 Å². The summed E-state index contributed by atoms with van der Waals surface area (Å²) >= 11 is 24.1. The number of carbonyl (C=O) groups is 2. The first kappa shape index (κ1) is 17.9. The van der Waals surface area contributed by atoms with Crippen molar-refractivity contribution in [2.45, 2.75) is 39.0 Å². The summed E-state index contributed by atoms with van der Waals surface area (Å²) in [5.41, 5.74) is 0.110. The summed E-state index contributed by atoms with van der Waals surface area (Å²) in [6.45, 7) is 2.47. The molecule has 0 N–H and O–H groups in total. The highest BCUT2D eigenvalue weighted by atomic mass is 35.5. The van der Waals surface area contributed by atoms with E-state index < -0.39 is 11.8 Å². The number of hydrogen-bond acceptors (Lipinski definition) is 2. The number of benzene rings is 1. The number of unbranched alkanes of at least 4 members (excludes halogenated alkanes) is 4. The Morgan fingerprint density at radius 3 is 1.64 bits per heavy atom. The predicted molar refractivity (Wildman–Crippen MR) is 90.6 cm³/mol. The second-order valence-electron chi connectivity index (χ2n) is 5.18. The van der Waals surface area contributed by atoms with Crippen LogP contribution in [-0.4, -0.2) is 23.3 Å². The molecule has 0 atom stereocenters. The molecular formula is C15H15Cl4NO2. The van der Waals surface area contributed by atoms with Gasteiger partial charge in [-0.15, -0.1) is 0 Å². The molecule has 7 heteroatoms. The number of fused-ring (bicyclic) bond motifs is 1. The Balaban J connectivity index is 2.23. The zero-order chi connectivity index (χ0) is 16.4. The largest absolute Gasteiger partial charge is 0.274 e. The first-order valence-electron chi connectivity index (χ1n) is 7.13. The van der Waals surface area contributed by atoms with Crippen molar-refractivity contribution in [3.05, 3.63) is 31.2 Å². The van der Waals surface area contributed by atoms with E-state index in [9.17, 15) is 9.59 Å². The minimum Gasteiger partial charge on any atom is -0.274 e. The predicted octanol–water partition coefficient (Wildman–Crippen LogP) is 5.87. The monoisotopic (exact) mass is 381 g/mol. The lowest BCUT2D eigenvalue weighted by atomic mass is 10.1. The van der Waals surface area contributed by atoms with Crippen molar-refractivity contribution < 1.29 is 9.59 Å². The minimum absolute atomic E-state index is 0.00182. The van der Waals surface area contributed by atoms with Gasteiger partial charge >= 0.3 is 0 Å². The summed E-state index contributed by atoms with van der Waals surface area (Å²) in [5, 5.41) is -0.0353. The topological polar surface area (TPSA) is 37.4 Å². The molecule has 1 heterocycles. The second kappa shape index (κ2) is 7.39. The Bertz CT molecular complexity index is 584. The van der Waals surface area contributed by atoms with Gasteiger partial charge in [-0.25, -0.2) is 0 Å². The highest BCUT2D eigenvalue weighted by molar-refractivity contribution is 6.55. The highest BCUT2D eigenvalue weighted by Gasteiger charge is 2.41. The van der Waals surface area contributed by atoms with Gasteiger partial charge in [0.1, 0.15) is 0 Å². The average Bonchev–Trinajstić information content (AvgIpc) is 2.75. The van der Waals surface area contributed by atoms with Gasteiger partial charge in [0.25, 0.3) is 11.8 Å². The maximum absolute atomic E-state index is 12.4. The fraction of sp³-hybridized carbons (Fsp3) is 0.467. The van der Waals surface area contributed by atoms with Crippen LogP contribution in [0.2, 0.25) is 20.1 Å². The number of rotatable bonds is 6. The van der Waals surface area contributed by atoms with E-state index in [1.54, 1.807) is 0 Å². The summed E-state index contributed by atoms with van der Waals surface area (Å²) < 4.78 is 0. The van der Waals surface area contributed by atoms with Crippen LogP contribution in [-0.2, 0) is 0 Å². The van der Waals surface area contributed by atoms with Crippen LogP contribution in [0.25, 0.3) is 0 Å². The van der Waals surface area contributed by atoms with E-state index in [0.29, 0.717) is 6.54 Å². The number of nitrogens with zero attached hydrogens (tertiary/aromatic N) is 1. The Hall–Kier alpha value is -0.480. The molecular weight excluding hydrogens is 368 g/mol. The summed E-state index contributed by atoms with van der Waals surface area (Å²) in [6.07, 6.45) is 5.07. The van der Waals surface area contributed by atoms with Crippen molar-refractivity contribution in [2.75, 3.05) is 6.54 Å². The molecule has 0 aliphatic carbocycles. The lowest BCUT2D eigenvalue weighted by molar-refractivity contribution is 0.0651. The quantitative estimate of drug-likeness (QED) is 0.267. The molecule has 1 aromatic carbocycles. The molecule has 1 aromatic rings. The lowest BCUT2D eigenvalue weighted by Crippen LogP contribution is -2.30. The summed E-state index contributed by atoms with van der Waals surface area (Å²) in [4.78, 5) is 26.0. The molecule has 120 valence electrons. The number of imide groups is 1. The Morgan fingerprint density at radius 2 is 1.18 bits per heavy atom. The van der Waals surface area contributed by atoms with Crippen LogP contribution in [0.1, 0.15) is 59.7 Å². The van der Waals surface area contributed by atoms with E-state index in [-0.39, 0.29) is 31.2 Å². The van der Waals surface area contributed by atoms with Crippen molar-refractivity contribution in [1.29, 1.82) is 0 Å². The normalized spacial score (nSPS) is 14.0. The molecule has 22 heavy (non-hydrogen) atoms. The highest BCUT2D eigenvalue weighted by Crippen LogP contribution is 2.44. The number of amides is 2. The molecule has 0 unspecified atom stereocenters. The van der Waals surface area contributed by atoms with Gasteiger partial charge in [-0.05, 0) is 6.42 Å². The smallest absolute Gasteiger partial charge is 0.263 e. The second-order valence-corrected chi connectivity index (χ2v) is 6.69. The van der Waals surface area contributed by atoms with Crippen LogP contribution >= 0.6 is 46.4 Å². The number of halogens is 4. The lowest BCUT2D eigenvalue weighted by Gasteiger charge is -2.13. The molecule has 0 saturated carbocycles. The van der Waals surface area contributed by atoms with E-state index >= 15 is 0 Å². The van der Waals surface area contributed by atoms with E-state index in [1.165, 1.54) is 4.90 Å². The third-order valence-corrected chi connectivity index (χ3v) is 5.47. The first-order valence-corrected chi connectivity index (χ1v) is 8.65. The fourth-order valence-electron chi connectivity index (χ4n) is 2.47.